The van der Waals surface area contributed by atoms with Crippen LogP contribution in [-0.2, 0) is 14.4 Å². The van der Waals surface area contributed by atoms with Gasteiger partial charge in [-0.05, 0) is 26.3 Å². The molecule has 0 unspecified atom stereocenters. The van der Waals surface area contributed by atoms with Gasteiger partial charge in [-0.25, -0.2) is 0 Å². The minimum absolute atomic E-state index is 0.0504. The van der Waals surface area contributed by atoms with Gasteiger partial charge in [0.1, 0.15) is 0 Å². The molecule has 21 heavy (non-hydrogen) atoms. The van der Waals surface area contributed by atoms with Gasteiger partial charge in [-0.2, -0.15) is 0 Å². The molecular weight excluding hydrogens is 270 g/mol. The first kappa shape index (κ1) is 15.9. The molecule has 1 heterocycles. The molecule has 0 aromatic rings. The molecule has 0 bridgehead atoms. The molecule has 0 spiro atoms. The van der Waals surface area contributed by atoms with Crippen molar-refractivity contribution >= 4 is 17.7 Å². The van der Waals surface area contributed by atoms with Crippen LogP contribution in [0.15, 0.2) is 0 Å². The van der Waals surface area contributed by atoms with Crippen LogP contribution in [0.25, 0.3) is 0 Å². The van der Waals surface area contributed by atoms with Crippen LogP contribution in [0.2, 0.25) is 0 Å². The molecule has 6 nitrogen and oxygen atoms in total. The van der Waals surface area contributed by atoms with E-state index in [1.807, 2.05) is 6.92 Å². The Labute approximate surface area is 125 Å². The van der Waals surface area contributed by atoms with Crippen LogP contribution in [0.5, 0.6) is 0 Å². The van der Waals surface area contributed by atoms with E-state index in [9.17, 15) is 14.4 Å². The van der Waals surface area contributed by atoms with Gasteiger partial charge >= 0.3 is 0 Å². The molecule has 0 aromatic heterocycles. The summed E-state index contributed by atoms with van der Waals surface area (Å²) in [6.07, 6.45) is 4.60. The number of hydrogen-bond acceptors (Lipinski definition) is 4. The summed E-state index contributed by atoms with van der Waals surface area (Å²) >= 11 is 0. The van der Waals surface area contributed by atoms with Crippen LogP contribution in [0.4, 0.5) is 0 Å². The first-order valence-corrected chi connectivity index (χ1v) is 7.85. The quantitative estimate of drug-likeness (QED) is 0.728. The van der Waals surface area contributed by atoms with E-state index < -0.39 is 0 Å². The number of likely N-dealkylation sites (N-methyl/N-ethyl adjacent to an activating group) is 1. The smallest absolute Gasteiger partial charge is 0.234 e. The molecule has 1 saturated carbocycles. The summed E-state index contributed by atoms with van der Waals surface area (Å²) in [5.74, 6) is -0.408. The van der Waals surface area contributed by atoms with Gasteiger partial charge in [-0.1, -0.05) is 19.8 Å². The average molecular weight is 295 g/mol. The average Bonchev–Trinajstić information content (AvgIpc) is 2.71. The third-order valence-electron chi connectivity index (χ3n) is 4.30. The van der Waals surface area contributed by atoms with E-state index in [1.165, 1.54) is 4.90 Å². The van der Waals surface area contributed by atoms with Crippen molar-refractivity contribution in [3.05, 3.63) is 0 Å². The molecule has 0 radical (unpaired) electrons. The standard InChI is InChI=1S/C15H25N3O3/c1-3-8-16-13(19)9-17(2)10-18-14(20)11-6-4-5-7-12(11)15(18)21/h11-12H,3-10H2,1-2H3,(H,16,19)/t11-,12+. The molecule has 2 atom stereocenters. The van der Waals surface area contributed by atoms with Gasteiger partial charge < -0.3 is 5.32 Å². The summed E-state index contributed by atoms with van der Waals surface area (Å²) in [4.78, 5) is 39.4. The van der Waals surface area contributed by atoms with Gasteiger partial charge in [0, 0.05) is 6.54 Å². The van der Waals surface area contributed by atoms with Gasteiger partial charge in [-0.15, -0.1) is 0 Å². The number of carbonyl (C=O) groups is 3. The van der Waals surface area contributed by atoms with Crippen molar-refractivity contribution in [3.63, 3.8) is 0 Å². The molecule has 6 heteroatoms. The highest BCUT2D eigenvalue weighted by Gasteiger charge is 2.48. The number of nitrogens with zero attached hydrogens (tertiary/aromatic N) is 2. The zero-order valence-corrected chi connectivity index (χ0v) is 12.9. The number of hydrogen-bond donors (Lipinski definition) is 1. The molecule has 1 aliphatic carbocycles. The van der Waals surface area contributed by atoms with E-state index in [2.05, 4.69) is 5.32 Å². The van der Waals surface area contributed by atoms with Crippen LogP contribution in [-0.4, -0.2) is 54.3 Å². The highest BCUT2D eigenvalue weighted by atomic mass is 16.2. The summed E-state index contributed by atoms with van der Waals surface area (Å²) in [7, 11) is 1.76. The number of rotatable bonds is 6. The maximum Gasteiger partial charge on any atom is 0.234 e. The largest absolute Gasteiger partial charge is 0.355 e. The lowest BCUT2D eigenvalue weighted by Crippen LogP contribution is -2.44. The lowest BCUT2D eigenvalue weighted by molar-refractivity contribution is -0.143. The van der Waals surface area contributed by atoms with Gasteiger partial charge in [-0.3, -0.25) is 24.2 Å². The second-order valence-corrected chi connectivity index (χ2v) is 6.11. The lowest BCUT2D eigenvalue weighted by atomic mass is 9.81. The van der Waals surface area contributed by atoms with Crippen LogP contribution < -0.4 is 5.32 Å². The summed E-state index contributed by atoms with van der Waals surface area (Å²) in [5, 5.41) is 2.79. The van der Waals surface area contributed by atoms with E-state index in [0.717, 1.165) is 32.1 Å². The second-order valence-electron chi connectivity index (χ2n) is 6.11. The summed E-state index contributed by atoms with van der Waals surface area (Å²) in [6.45, 7) is 3.06. The first-order valence-electron chi connectivity index (χ1n) is 7.85. The molecule has 2 fully saturated rings. The third-order valence-corrected chi connectivity index (χ3v) is 4.30. The van der Waals surface area contributed by atoms with Crippen molar-refractivity contribution in [1.82, 2.24) is 15.1 Å². The fourth-order valence-corrected chi connectivity index (χ4v) is 3.23. The maximum absolute atomic E-state index is 12.3. The Kier molecular flexibility index (Phi) is 5.33. The minimum atomic E-state index is -0.117. The molecule has 3 amide bonds. The van der Waals surface area contributed by atoms with Crippen molar-refractivity contribution in [2.75, 3.05) is 26.8 Å². The van der Waals surface area contributed by atoms with Crippen molar-refractivity contribution in [2.45, 2.75) is 39.0 Å². The lowest BCUT2D eigenvalue weighted by Gasteiger charge is -2.22. The van der Waals surface area contributed by atoms with E-state index in [-0.39, 0.29) is 42.8 Å². The Morgan fingerprint density at radius 3 is 2.33 bits per heavy atom. The van der Waals surface area contributed by atoms with Gasteiger partial charge in [0.25, 0.3) is 0 Å². The number of amides is 3. The van der Waals surface area contributed by atoms with E-state index in [0.29, 0.717) is 6.54 Å². The molecule has 118 valence electrons. The number of nitrogens with one attached hydrogen (secondary N) is 1. The molecule has 1 saturated heterocycles. The fourth-order valence-electron chi connectivity index (χ4n) is 3.23. The molecule has 0 aromatic carbocycles. The molecule has 1 aliphatic heterocycles. The van der Waals surface area contributed by atoms with E-state index >= 15 is 0 Å². The van der Waals surface area contributed by atoms with Crippen molar-refractivity contribution in [1.29, 1.82) is 0 Å². The Bertz CT molecular complexity index is 400. The summed E-state index contributed by atoms with van der Waals surface area (Å²) in [5.41, 5.74) is 0. The molecule has 2 aliphatic rings. The van der Waals surface area contributed by atoms with Crippen LogP contribution >= 0.6 is 0 Å². The SMILES string of the molecule is CCCNC(=O)CN(C)CN1C(=O)[C@H]2CCCC[C@H]2C1=O. The highest BCUT2D eigenvalue weighted by molar-refractivity contribution is 6.05. The zero-order chi connectivity index (χ0) is 15.4. The normalized spacial score (nSPS) is 25.4. The number of fused-ring (bicyclic) bond motifs is 1. The number of imide groups is 1. The van der Waals surface area contributed by atoms with Gasteiger partial charge in [0.15, 0.2) is 0 Å². The Balaban J connectivity index is 1.88. The molecule has 1 N–H and O–H groups in total. The molecule has 2 rings (SSSR count). The van der Waals surface area contributed by atoms with Crippen LogP contribution in [0.1, 0.15) is 39.0 Å². The van der Waals surface area contributed by atoms with Gasteiger partial charge in [0.05, 0.1) is 25.0 Å². The predicted octanol–water partition coefficient (Wildman–Crippen LogP) is 0.577. The fraction of sp³-hybridized carbons (Fsp3) is 0.800. The minimum Gasteiger partial charge on any atom is -0.355 e. The maximum atomic E-state index is 12.3. The number of likely N-dealkylation sites (tertiary alicyclic amines) is 1. The Morgan fingerprint density at radius 2 is 1.81 bits per heavy atom. The third kappa shape index (κ3) is 3.61. The summed E-state index contributed by atoms with van der Waals surface area (Å²) in [6, 6.07) is 0. The van der Waals surface area contributed by atoms with Gasteiger partial charge in [0.2, 0.25) is 17.7 Å². The topological polar surface area (TPSA) is 69.7 Å². The number of carbonyl (C=O) groups excluding carboxylic acids is 3. The van der Waals surface area contributed by atoms with E-state index in [4.69, 9.17) is 0 Å². The Hall–Kier alpha value is -1.43. The van der Waals surface area contributed by atoms with E-state index in [1.54, 1.807) is 11.9 Å². The van der Waals surface area contributed by atoms with Crippen molar-refractivity contribution < 1.29 is 14.4 Å². The molecular formula is C15H25N3O3. The van der Waals surface area contributed by atoms with Crippen molar-refractivity contribution in [3.8, 4) is 0 Å². The predicted molar refractivity (Wildman–Crippen MR) is 78.1 cm³/mol. The van der Waals surface area contributed by atoms with Crippen molar-refractivity contribution in [2.24, 2.45) is 11.8 Å². The monoisotopic (exact) mass is 295 g/mol. The highest BCUT2D eigenvalue weighted by Crippen LogP contribution is 2.37. The first-order chi connectivity index (χ1) is 10.0. The summed E-state index contributed by atoms with van der Waals surface area (Å²) < 4.78 is 0. The zero-order valence-electron chi connectivity index (χ0n) is 12.9. The Morgan fingerprint density at radius 1 is 1.24 bits per heavy atom. The van der Waals surface area contributed by atoms with Crippen LogP contribution in [0, 0.1) is 11.8 Å². The van der Waals surface area contributed by atoms with Crippen LogP contribution in [0.3, 0.4) is 0 Å². The second kappa shape index (κ2) is 7.02.